The molecule has 1 amide bonds. The third-order valence-corrected chi connectivity index (χ3v) is 3.52. The van der Waals surface area contributed by atoms with Gasteiger partial charge in [0, 0.05) is 0 Å². The largest absolute Gasteiger partial charge is 0.481 e. The van der Waals surface area contributed by atoms with E-state index in [4.69, 9.17) is 4.74 Å². The lowest BCUT2D eigenvalue weighted by Crippen LogP contribution is -2.43. The van der Waals surface area contributed by atoms with Crippen LogP contribution in [0.3, 0.4) is 0 Å². The Labute approximate surface area is 140 Å². The second-order valence-corrected chi connectivity index (χ2v) is 5.49. The molecular formula is C17H23NO6. The number of carbonyl (C=O) groups excluding carboxylic acids is 1. The number of rotatable bonds is 10. The number of unbranched alkanes of at least 4 members (excludes halogenated alkanes) is 1. The van der Waals surface area contributed by atoms with Crippen LogP contribution < -0.4 is 5.32 Å². The minimum Gasteiger partial charge on any atom is -0.481 e. The van der Waals surface area contributed by atoms with E-state index in [0.717, 1.165) is 12.0 Å². The van der Waals surface area contributed by atoms with Crippen LogP contribution in [0.2, 0.25) is 0 Å². The average molecular weight is 337 g/mol. The molecule has 24 heavy (non-hydrogen) atoms. The van der Waals surface area contributed by atoms with Crippen LogP contribution in [-0.4, -0.2) is 40.9 Å². The zero-order chi connectivity index (χ0) is 17.9. The van der Waals surface area contributed by atoms with Gasteiger partial charge in [0.25, 0.3) is 0 Å². The van der Waals surface area contributed by atoms with Gasteiger partial charge in [-0.25, -0.2) is 9.59 Å². The molecule has 0 heterocycles. The number of aliphatic carboxylic acids is 2. The summed E-state index contributed by atoms with van der Waals surface area (Å²) in [6, 6.07) is 7.62. The second-order valence-electron chi connectivity index (χ2n) is 5.49. The number of hydrogen-bond donors (Lipinski definition) is 3. The van der Waals surface area contributed by atoms with Gasteiger partial charge in [-0.15, -0.1) is 0 Å². The summed E-state index contributed by atoms with van der Waals surface area (Å²) in [5.41, 5.74) is 0.791. The summed E-state index contributed by atoms with van der Waals surface area (Å²) < 4.78 is 4.86. The first kappa shape index (κ1) is 19.5. The molecule has 0 bridgehead atoms. The zero-order valence-electron chi connectivity index (χ0n) is 13.6. The summed E-state index contributed by atoms with van der Waals surface area (Å²) in [6.45, 7) is 2.13. The molecule has 7 heteroatoms. The first-order valence-corrected chi connectivity index (χ1v) is 7.86. The summed E-state index contributed by atoms with van der Waals surface area (Å²) in [5.74, 6) is -3.32. The first-order chi connectivity index (χ1) is 11.4. The number of hydrogen-bond acceptors (Lipinski definition) is 4. The van der Waals surface area contributed by atoms with Crippen LogP contribution >= 0.6 is 0 Å². The SMILES string of the molecule is CCCCOC(=O)N[C@H](CC(Cc1ccccc1)C(=O)O)C(=O)O. The molecule has 0 aliphatic carbocycles. The molecule has 3 N–H and O–H groups in total. The molecule has 0 aliphatic heterocycles. The summed E-state index contributed by atoms with van der Waals surface area (Å²) >= 11 is 0. The predicted molar refractivity (Wildman–Crippen MR) is 86.7 cm³/mol. The van der Waals surface area contributed by atoms with Gasteiger partial charge in [0.2, 0.25) is 0 Å². The average Bonchev–Trinajstić information content (AvgIpc) is 2.54. The molecule has 0 radical (unpaired) electrons. The molecule has 0 aromatic heterocycles. The Bertz CT molecular complexity index is 545. The van der Waals surface area contributed by atoms with Gasteiger partial charge in [0.1, 0.15) is 6.04 Å². The quantitative estimate of drug-likeness (QED) is 0.565. The van der Waals surface area contributed by atoms with Crippen LogP contribution in [0.25, 0.3) is 0 Å². The highest BCUT2D eigenvalue weighted by atomic mass is 16.5. The molecule has 0 spiro atoms. The van der Waals surface area contributed by atoms with Crippen LogP contribution in [0.15, 0.2) is 30.3 Å². The summed E-state index contributed by atoms with van der Waals surface area (Å²) in [6.07, 6.45) is 0.638. The number of nitrogens with one attached hydrogen (secondary N) is 1. The molecule has 0 fully saturated rings. The number of carbonyl (C=O) groups is 3. The number of carboxylic acids is 2. The Morgan fingerprint density at radius 2 is 1.79 bits per heavy atom. The topological polar surface area (TPSA) is 113 Å². The lowest BCUT2D eigenvalue weighted by atomic mass is 9.93. The molecule has 1 aromatic carbocycles. The third kappa shape index (κ3) is 7.13. The maximum absolute atomic E-state index is 11.6. The number of amides is 1. The van der Waals surface area contributed by atoms with Crippen molar-refractivity contribution in [2.75, 3.05) is 6.61 Å². The van der Waals surface area contributed by atoms with Gasteiger partial charge < -0.3 is 20.3 Å². The summed E-state index contributed by atoms with van der Waals surface area (Å²) in [5, 5.41) is 20.8. The van der Waals surface area contributed by atoms with E-state index >= 15 is 0 Å². The first-order valence-electron chi connectivity index (χ1n) is 7.86. The van der Waals surface area contributed by atoms with Gasteiger partial charge in [-0.3, -0.25) is 4.79 Å². The molecule has 132 valence electrons. The molecule has 1 aromatic rings. The Morgan fingerprint density at radius 1 is 1.12 bits per heavy atom. The van der Waals surface area contributed by atoms with E-state index in [9.17, 15) is 24.6 Å². The summed E-state index contributed by atoms with van der Waals surface area (Å²) in [7, 11) is 0. The van der Waals surface area contributed by atoms with Crippen molar-refractivity contribution in [2.24, 2.45) is 5.92 Å². The van der Waals surface area contributed by atoms with Gasteiger partial charge in [-0.05, 0) is 24.8 Å². The van der Waals surface area contributed by atoms with Crippen LogP contribution in [0.1, 0.15) is 31.7 Å². The minimum atomic E-state index is -1.32. The van der Waals surface area contributed by atoms with Crippen LogP contribution in [0.4, 0.5) is 4.79 Å². The molecule has 2 atom stereocenters. The fourth-order valence-electron chi connectivity index (χ4n) is 2.17. The predicted octanol–water partition coefficient (Wildman–Crippen LogP) is 2.30. The van der Waals surface area contributed by atoms with Crippen LogP contribution in [-0.2, 0) is 20.7 Å². The van der Waals surface area contributed by atoms with Crippen molar-refractivity contribution in [1.82, 2.24) is 5.32 Å². The fourth-order valence-corrected chi connectivity index (χ4v) is 2.17. The molecule has 7 nitrogen and oxygen atoms in total. The third-order valence-electron chi connectivity index (χ3n) is 3.52. The Balaban J connectivity index is 2.67. The van der Waals surface area contributed by atoms with E-state index in [-0.39, 0.29) is 19.4 Å². The molecule has 0 aliphatic rings. The van der Waals surface area contributed by atoms with Gasteiger partial charge in [0.15, 0.2) is 0 Å². The highest BCUT2D eigenvalue weighted by Crippen LogP contribution is 2.15. The van der Waals surface area contributed by atoms with Crippen LogP contribution in [0, 0.1) is 5.92 Å². The van der Waals surface area contributed by atoms with Crippen molar-refractivity contribution in [3.8, 4) is 0 Å². The van der Waals surface area contributed by atoms with E-state index in [2.05, 4.69) is 5.32 Å². The number of alkyl carbamates (subject to hydrolysis) is 1. The molecule has 1 unspecified atom stereocenters. The molecule has 0 saturated carbocycles. The molecular weight excluding hydrogens is 314 g/mol. The zero-order valence-corrected chi connectivity index (χ0v) is 13.6. The minimum absolute atomic E-state index is 0.187. The van der Waals surface area contributed by atoms with E-state index in [1.807, 2.05) is 13.0 Å². The van der Waals surface area contributed by atoms with E-state index in [1.165, 1.54) is 0 Å². The van der Waals surface area contributed by atoms with Gasteiger partial charge >= 0.3 is 18.0 Å². The van der Waals surface area contributed by atoms with Crippen molar-refractivity contribution in [2.45, 2.75) is 38.6 Å². The lowest BCUT2D eigenvalue weighted by molar-refractivity contribution is -0.144. The van der Waals surface area contributed by atoms with E-state index in [0.29, 0.717) is 6.42 Å². The maximum Gasteiger partial charge on any atom is 0.407 e. The van der Waals surface area contributed by atoms with Crippen molar-refractivity contribution < 1.29 is 29.3 Å². The van der Waals surface area contributed by atoms with Crippen molar-refractivity contribution >= 4 is 18.0 Å². The van der Waals surface area contributed by atoms with Crippen molar-refractivity contribution in [3.05, 3.63) is 35.9 Å². The Hall–Kier alpha value is -2.57. The Morgan fingerprint density at radius 3 is 2.33 bits per heavy atom. The molecule has 0 saturated heterocycles. The smallest absolute Gasteiger partial charge is 0.407 e. The molecule has 1 rings (SSSR count). The van der Waals surface area contributed by atoms with Crippen molar-refractivity contribution in [3.63, 3.8) is 0 Å². The standard InChI is InChI=1S/C17H23NO6/c1-2-3-9-24-17(23)18-14(16(21)22)11-13(15(19)20)10-12-7-5-4-6-8-12/h4-8,13-14H,2-3,9-11H2,1H3,(H,18,23)(H,19,20)(H,21,22)/t13?,14-/m1/s1. The fraction of sp³-hybridized carbons (Fsp3) is 0.471. The van der Waals surface area contributed by atoms with Gasteiger partial charge in [0.05, 0.1) is 12.5 Å². The number of benzene rings is 1. The summed E-state index contributed by atoms with van der Waals surface area (Å²) in [4.78, 5) is 34.3. The normalized spacial score (nSPS) is 12.9. The highest BCUT2D eigenvalue weighted by Gasteiger charge is 2.28. The van der Waals surface area contributed by atoms with Gasteiger partial charge in [-0.1, -0.05) is 43.7 Å². The van der Waals surface area contributed by atoms with E-state index < -0.39 is 30.0 Å². The Kier molecular flexibility index (Phi) is 8.32. The van der Waals surface area contributed by atoms with Crippen LogP contribution in [0.5, 0.6) is 0 Å². The number of carboxylic acid groups (broad SMARTS) is 2. The van der Waals surface area contributed by atoms with Gasteiger partial charge in [-0.2, -0.15) is 0 Å². The van der Waals surface area contributed by atoms with E-state index in [1.54, 1.807) is 24.3 Å². The lowest BCUT2D eigenvalue weighted by Gasteiger charge is -2.19. The number of ether oxygens (including phenoxy) is 1. The van der Waals surface area contributed by atoms with Crippen molar-refractivity contribution in [1.29, 1.82) is 0 Å². The highest BCUT2D eigenvalue weighted by molar-refractivity contribution is 5.81. The second kappa shape index (κ2) is 10.3. The monoisotopic (exact) mass is 337 g/mol. The maximum atomic E-state index is 11.6.